The van der Waals surface area contributed by atoms with Crippen molar-refractivity contribution in [3.63, 3.8) is 0 Å². The van der Waals surface area contributed by atoms with Gasteiger partial charge in [-0.15, -0.1) is 23.7 Å². The normalized spacial score (nSPS) is 17.5. The number of aromatic nitrogens is 1. The van der Waals surface area contributed by atoms with Gasteiger partial charge >= 0.3 is 5.97 Å². The number of amides is 2. The highest BCUT2D eigenvalue weighted by atomic mass is 35.5. The molecule has 2 aromatic heterocycles. The average Bonchev–Trinajstić information content (AvgIpc) is 3.32. The summed E-state index contributed by atoms with van der Waals surface area (Å²) in [5, 5.41) is 10.7. The standard InChI is InChI=1S/C25H24ClN3O6S2.ClH/c1-28(2)23(25(32)33)14-5-3-13(4-6-14)20-21-15-9-10-37(34,35)12-17(15)36-24(21)27-16(22(20)26)11-29-18(30)7-8-19(29)31;/h3-6,23H,7-12H2,1-2H3,(H,32,33);1H. The van der Waals surface area contributed by atoms with Crippen LogP contribution >= 0.6 is 35.3 Å². The molecule has 1 aromatic carbocycles. The topological polar surface area (TPSA) is 125 Å². The van der Waals surface area contributed by atoms with E-state index in [1.54, 1.807) is 43.3 Å². The van der Waals surface area contributed by atoms with E-state index in [0.29, 0.717) is 38.5 Å². The number of carbonyl (C=O) groups excluding carboxylic acids is 2. The second-order valence-electron chi connectivity index (χ2n) is 9.47. The van der Waals surface area contributed by atoms with Crippen molar-refractivity contribution >= 4 is 73.2 Å². The maximum Gasteiger partial charge on any atom is 0.325 e. The van der Waals surface area contributed by atoms with Crippen molar-refractivity contribution in [2.24, 2.45) is 0 Å². The quantitative estimate of drug-likeness (QED) is 0.425. The van der Waals surface area contributed by atoms with E-state index in [0.717, 1.165) is 15.8 Å². The molecule has 2 aliphatic rings. The molecule has 13 heteroatoms. The first-order chi connectivity index (χ1) is 17.5. The average molecular weight is 599 g/mol. The van der Waals surface area contributed by atoms with Crippen molar-refractivity contribution in [2.75, 3.05) is 19.8 Å². The molecule has 1 saturated heterocycles. The van der Waals surface area contributed by atoms with Gasteiger partial charge in [0.2, 0.25) is 11.8 Å². The first-order valence-electron chi connectivity index (χ1n) is 11.6. The summed E-state index contributed by atoms with van der Waals surface area (Å²) in [6.07, 6.45) is 0.633. The van der Waals surface area contributed by atoms with Crippen LogP contribution in [-0.2, 0) is 42.9 Å². The maximum atomic E-state index is 12.3. The molecule has 1 unspecified atom stereocenters. The molecular weight excluding hydrogens is 573 g/mol. The molecule has 1 atom stereocenters. The third kappa shape index (κ3) is 5.05. The van der Waals surface area contributed by atoms with Crippen molar-refractivity contribution in [1.29, 1.82) is 0 Å². The molecule has 0 bridgehead atoms. The number of likely N-dealkylation sites (N-methyl/N-ethyl adjacent to an activating group) is 1. The summed E-state index contributed by atoms with van der Waals surface area (Å²) in [7, 11) is 0.164. The summed E-state index contributed by atoms with van der Waals surface area (Å²) in [4.78, 5) is 45.1. The number of aliphatic carboxylic acids is 1. The van der Waals surface area contributed by atoms with Crippen LogP contribution in [0.2, 0.25) is 5.02 Å². The number of hydrogen-bond donors (Lipinski definition) is 1. The van der Waals surface area contributed by atoms with Gasteiger partial charge in [-0.05, 0) is 37.2 Å². The van der Waals surface area contributed by atoms with Crippen LogP contribution in [0.3, 0.4) is 0 Å². The van der Waals surface area contributed by atoms with Gasteiger partial charge in [-0.1, -0.05) is 35.9 Å². The lowest BCUT2D eigenvalue weighted by Crippen LogP contribution is -2.29. The predicted octanol–water partition coefficient (Wildman–Crippen LogP) is 3.85. The molecule has 3 aromatic rings. The molecule has 0 radical (unpaired) electrons. The van der Waals surface area contributed by atoms with Crippen LogP contribution in [0.1, 0.15) is 40.6 Å². The number of hydrogen-bond acceptors (Lipinski definition) is 8. The summed E-state index contributed by atoms with van der Waals surface area (Å²) >= 11 is 8.21. The molecule has 2 aliphatic heterocycles. The molecule has 1 N–H and O–H groups in total. The first-order valence-corrected chi connectivity index (χ1v) is 14.6. The van der Waals surface area contributed by atoms with Crippen molar-refractivity contribution in [1.82, 2.24) is 14.8 Å². The Bertz CT molecular complexity index is 1550. The zero-order valence-corrected chi connectivity index (χ0v) is 23.8. The van der Waals surface area contributed by atoms with E-state index in [2.05, 4.69) is 0 Å². The lowest BCUT2D eigenvalue weighted by atomic mass is 9.95. The Morgan fingerprint density at radius 3 is 2.37 bits per heavy atom. The minimum Gasteiger partial charge on any atom is -0.480 e. The molecule has 0 aliphatic carbocycles. The number of likely N-dealkylation sites (tertiary alicyclic amines) is 1. The Hall–Kier alpha value is -2.57. The molecular formula is C25H25Cl2N3O6S2. The number of fused-ring (bicyclic) bond motifs is 3. The van der Waals surface area contributed by atoms with Gasteiger partial charge in [-0.2, -0.15) is 0 Å². The van der Waals surface area contributed by atoms with Crippen molar-refractivity contribution in [2.45, 2.75) is 37.6 Å². The molecule has 2 amide bonds. The largest absolute Gasteiger partial charge is 0.480 e. The van der Waals surface area contributed by atoms with Gasteiger partial charge in [0.1, 0.15) is 10.9 Å². The summed E-state index contributed by atoms with van der Waals surface area (Å²) in [5.74, 6) is -1.58. The number of nitrogens with zero attached hydrogens (tertiary/aromatic N) is 3. The summed E-state index contributed by atoms with van der Waals surface area (Å²) < 4.78 is 24.6. The Labute approximate surface area is 234 Å². The summed E-state index contributed by atoms with van der Waals surface area (Å²) in [5.41, 5.74) is 3.18. The van der Waals surface area contributed by atoms with Gasteiger partial charge in [0.05, 0.1) is 28.8 Å². The smallest absolute Gasteiger partial charge is 0.325 e. The zero-order chi connectivity index (χ0) is 26.6. The first kappa shape index (κ1) is 28.4. The number of carbonyl (C=O) groups is 3. The third-order valence-electron chi connectivity index (χ3n) is 6.77. The summed E-state index contributed by atoms with van der Waals surface area (Å²) in [6, 6.07) is 6.20. The lowest BCUT2D eigenvalue weighted by Gasteiger charge is -2.21. The van der Waals surface area contributed by atoms with Crippen molar-refractivity contribution < 1.29 is 27.9 Å². The Morgan fingerprint density at radius 2 is 1.79 bits per heavy atom. The molecule has 4 heterocycles. The van der Waals surface area contributed by atoms with Crippen LogP contribution in [-0.4, -0.2) is 65.9 Å². The number of aryl methyl sites for hydroxylation is 1. The Balaban J connectivity index is 0.00000336. The number of carboxylic acids is 1. The van der Waals surface area contributed by atoms with Gasteiger partial charge < -0.3 is 5.11 Å². The molecule has 5 rings (SSSR count). The van der Waals surface area contributed by atoms with E-state index in [-0.39, 0.29) is 60.1 Å². The summed E-state index contributed by atoms with van der Waals surface area (Å²) in [6.45, 7) is -0.0693. The number of rotatable bonds is 6. The third-order valence-corrected chi connectivity index (χ3v) is 10.0. The van der Waals surface area contributed by atoms with Crippen LogP contribution in [0.4, 0.5) is 0 Å². The van der Waals surface area contributed by atoms with Gasteiger partial charge in [0.15, 0.2) is 9.84 Å². The fourth-order valence-corrected chi connectivity index (χ4v) is 8.35. The maximum absolute atomic E-state index is 12.3. The van der Waals surface area contributed by atoms with Gasteiger partial charge in [-0.3, -0.25) is 24.2 Å². The van der Waals surface area contributed by atoms with Gasteiger partial charge in [0.25, 0.3) is 0 Å². The molecule has 9 nitrogen and oxygen atoms in total. The highest BCUT2D eigenvalue weighted by Gasteiger charge is 2.33. The van der Waals surface area contributed by atoms with Crippen LogP contribution in [0.25, 0.3) is 21.3 Å². The van der Waals surface area contributed by atoms with Crippen LogP contribution < -0.4 is 0 Å². The fourth-order valence-electron chi connectivity index (χ4n) is 4.99. The number of halogens is 2. The Kier molecular flexibility index (Phi) is 7.89. The number of imide groups is 1. The highest BCUT2D eigenvalue weighted by molar-refractivity contribution is 7.90. The van der Waals surface area contributed by atoms with Crippen LogP contribution in [0.15, 0.2) is 24.3 Å². The molecule has 0 spiro atoms. The number of benzene rings is 1. The Morgan fingerprint density at radius 1 is 1.16 bits per heavy atom. The number of pyridine rings is 1. The lowest BCUT2D eigenvalue weighted by molar-refractivity contribution is -0.142. The zero-order valence-electron chi connectivity index (χ0n) is 20.6. The van der Waals surface area contributed by atoms with E-state index < -0.39 is 21.8 Å². The van der Waals surface area contributed by atoms with Gasteiger partial charge in [-0.25, -0.2) is 13.4 Å². The van der Waals surface area contributed by atoms with Crippen molar-refractivity contribution in [3.8, 4) is 11.1 Å². The van der Waals surface area contributed by atoms with E-state index in [4.69, 9.17) is 16.6 Å². The van der Waals surface area contributed by atoms with E-state index in [1.165, 1.54) is 11.3 Å². The molecule has 38 heavy (non-hydrogen) atoms. The van der Waals surface area contributed by atoms with Crippen LogP contribution in [0.5, 0.6) is 0 Å². The van der Waals surface area contributed by atoms with Gasteiger partial charge in [0, 0.05) is 28.7 Å². The highest BCUT2D eigenvalue weighted by Crippen LogP contribution is 2.45. The van der Waals surface area contributed by atoms with Crippen LogP contribution in [0, 0.1) is 0 Å². The second-order valence-corrected chi connectivity index (χ2v) is 13.1. The minimum absolute atomic E-state index is 0. The van der Waals surface area contributed by atoms with Crippen molar-refractivity contribution in [3.05, 3.63) is 51.0 Å². The monoisotopic (exact) mass is 597 g/mol. The second kappa shape index (κ2) is 10.5. The van der Waals surface area contributed by atoms with E-state index in [9.17, 15) is 27.9 Å². The van der Waals surface area contributed by atoms with E-state index in [1.807, 2.05) is 0 Å². The molecule has 202 valence electrons. The predicted molar refractivity (Wildman–Crippen MR) is 147 cm³/mol. The molecule has 1 fully saturated rings. The molecule has 0 saturated carbocycles. The fraction of sp³-hybridized carbons (Fsp3) is 0.360. The van der Waals surface area contributed by atoms with E-state index >= 15 is 0 Å². The SMILES string of the molecule is CN(C)C(C(=O)O)c1ccc(-c2c(Cl)c(CN3C(=O)CCC3=O)nc3sc4c(c23)CCS(=O)(=O)C4)cc1.Cl. The number of carboxylic acid groups (broad SMARTS) is 1. The number of thiophene rings is 1. The minimum atomic E-state index is -3.21. The number of sulfone groups is 1.